The number of likely N-dealkylation sites (N-methyl/N-ethyl adjacent to an activating group) is 1. The van der Waals surface area contributed by atoms with E-state index in [1.54, 1.807) is 0 Å². The van der Waals surface area contributed by atoms with Crippen LogP contribution in [0.1, 0.15) is 50.5 Å². The number of hydrogen-bond acceptors (Lipinski definition) is 1. The lowest BCUT2D eigenvalue weighted by Gasteiger charge is -2.31. The maximum atomic E-state index is 5.99. The van der Waals surface area contributed by atoms with Crippen LogP contribution in [0, 0.1) is 5.92 Å². The van der Waals surface area contributed by atoms with Crippen LogP contribution in [-0.2, 0) is 0 Å². The van der Waals surface area contributed by atoms with Crippen molar-refractivity contribution in [1.82, 2.24) is 5.32 Å². The van der Waals surface area contributed by atoms with Crippen LogP contribution in [0.15, 0.2) is 24.3 Å². The Morgan fingerprint density at radius 2 is 1.83 bits per heavy atom. The van der Waals surface area contributed by atoms with Crippen LogP contribution >= 0.6 is 11.6 Å². The molecule has 0 aliphatic heterocycles. The third kappa shape index (κ3) is 3.73. The summed E-state index contributed by atoms with van der Waals surface area (Å²) in [6.45, 7) is 4.33. The van der Waals surface area contributed by atoms with Gasteiger partial charge in [0, 0.05) is 11.6 Å². The molecule has 0 radical (unpaired) electrons. The largest absolute Gasteiger partial charge is 0.316 e. The molecule has 0 heterocycles. The van der Waals surface area contributed by atoms with E-state index in [-0.39, 0.29) is 0 Å². The second-order valence-corrected chi connectivity index (χ2v) is 5.80. The minimum Gasteiger partial charge on any atom is -0.316 e. The lowest BCUT2D eigenvalue weighted by atomic mass is 9.77. The molecule has 0 spiro atoms. The number of rotatable bonds is 5. The van der Waals surface area contributed by atoms with Gasteiger partial charge < -0.3 is 5.32 Å². The van der Waals surface area contributed by atoms with E-state index < -0.39 is 0 Å². The Morgan fingerprint density at radius 3 is 2.44 bits per heavy atom. The van der Waals surface area contributed by atoms with Crippen LogP contribution in [0.25, 0.3) is 0 Å². The first-order chi connectivity index (χ1) is 8.81. The van der Waals surface area contributed by atoms with Gasteiger partial charge in [-0.05, 0) is 48.9 Å². The lowest BCUT2D eigenvalue weighted by Crippen LogP contribution is -2.27. The molecular weight excluding hydrogens is 242 g/mol. The molecular formula is C16H24ClN. The molecule has 0 amide bonds. The first-order valence-electron chi connectivity index (χ1n) is 7.27. The summed E-state index contributed by atoms with van der Waals surface area (Å²) in [4.78, 5) is 0. The van der Waals surface area contributed by atoms with Crippen LogP contribution in [-0.4, -0.2) is 13.1 Å². The van der Waals surface area contributed by atoms with Gasteiger partial charge in [0.05, 0.1) is 0 Å². The SMILES string of the molecule is CCNCC(c1ccc(Cl)cc1)C1CCCCC1. The predicted molar refractivity (Wildman–Crippen MR) is 79.3 cm³/mol. The second kappa shape index (κ2) is 7.16. The van der Waals surface area contributed by atoms with Crippen molar-refractivity contribution in [1.29, 1.82) is 0 Å². The van der Waals surface area contributed by atoms with Gasteiger partial charge in [-0.15, -0.1) is 0 Å². The molecule has 1 fully saturated rings. The monoisotopic (exact) mass is 265 g/mol. The molecule has 2 rings (SSSR count). The van der Waals surface area contributed by atoms with Crippen molar-refractivity contribution >= 4 is 11.6 Å². The zero-order chi connectivity index (χ0) is 12.8. The summed E-state index contributed by atoms with van der Waals surface area (Å²) in [5.41, 5.74) is 1.45. The second-order valence-electron chi connectivity index (χ2n) is 5.36. The van der Waals surface area contributed by atoms with E-state index in [1.807, 2.05) is 12.1 Å². The van der Waals surface area contributed by atoms with Crippen LogP contribution in [0.4, 0.5) is 0 Å². The first-order valence-corrected chi connectivity index (χ1v) is 7.65. The predicted octanol–water partition coefficient (Wildman–Crippen LogP) is 4.61. The fraction of sp³-hybridized carbons (Fsp3) is 0.625. The van der Waals surface area contributed by atoms with Crippen molar-refractivity contribution in [2.24, 2.45) is 5.92 Å². The molecule has 2 heteroatoms. The average molecular weight is 266 g/mol. The summed E-state index contributed by atoms with van der Waals surface area (Å²) < 4.78 is 0. The van der Waals surface area contributed by atoms with Crippen LogP contribution < -0.4 is 5.32 Å². The molecule has 1 aliphatic carbocycles. The van der Waals surface area contributed by atoms with Gasteiger partial charge in [-0.3, -0.25) is 0 Å². The van der Waals surface area contributed by atoms with Crippen molar-refractivity contribution in [2.45, 2.75) is 44.9 Å². The molecule has 1 N–H and O–H groups in total. The van der Waals surface area contributed by atoms with E-state index in [0.29, 0.717) is 5.92 Å². The van der Waals surface area contributed by atoms with Gasteiger partial charge in [0.1, 0.15) is 0 Å². The van der Waals surface area contributed by atoms with Gasteiger partial charge >= 0.3 is 0 Å². The average Bonchev–Trinajstić information content (AvgIpc) is 2.42. The van der Waals surface area contributed by atoms with E-state index >= 15 is 0 Å². The molecule has 100 valence electrons. The van der Waals surface area contributed by atoms with Gasteiger partial charge in [0.2, 0.25) is 0 Å². The molecule has 1 aromatic carbocycles. The van der Waals surface area contributed by atoms with Crippen molar-refractivity contribution < 1.29 is 0 Å². The molecule has 1 aromatic rings. The zero-order valence-electron chi connectivity index (χ0n) is 11.3. The third-order valence-electron chi connectivity index (χ3n) is 4.13. The summed E-state index contributed by atoms with van der Waals surface area (Å²) >= 11 is 5.99. The highest BCUT2D eigenvalue weighted by atomic mass is 35.5. The van der Waals surface area contributed by atoms with Gasteiger partial charge in [-0.2, -0.15) is 0 Å². The summed E-state index contributed by atoms with van der Waals surface area (Å²) in [6.07, 6.45) is 7.00. The fourth-order valence-corrected chi connectivity index (χ4v) is 3.23. The normalized spacial score (nSPS) is 18.8. The Bertz CT molecular complexity index is 341. The molecule has 0 bridgehead atoms. The summed E-state index contributed by atoms with van der Waals surface area (Å²) in [7, 11) is 0. The minimum atomic E-state index is 0.655. The van der Waals surface area contributed by atoms with Crippen LogP contribution in [0.2, 0.25) is 5.02 Å². The quantitative estimate of drug-likeness (QED) is 0.820. The molecule has 18 heavy (non-hydrogen) atoms. The molecule has 1 nitrogen and oxygen atoms in total. The Morgan fingerprint density at radius 1 is 1.17 bits per heavy atom. The van der Waals surface area contributed by atoms with E-state index in [9.17, 15) is 0 Å². The molecule has 0 saturated heterocycles. The standard InChI is InChI=1S/C16H24ClN/c1-2-18-12-16(13-6-4-3-5-7-13)14-8-10-15(17)11-9-14/h8-11,13,16,18H,2-7,12H2,1H3. The maximum absolute atomic E-state index is 5.99. The van der Waals surface area contributed by atoms with Gasteiger partial charge in [0.15, 0.2) is 0 Å². The first kappa shape index (κ1) is 13.9. The van der Waals surface area contributed by atoms with Gasteiger partial charge in [-0.25, -0.2) is 0 Å². The Kier molecular flexibility index (Phi) is 5.52. The number of halogens is 1. The summed E-state index contributed by atoms with van der Waals surface area (Å²) in [6, 6.07) is 8.47. The van der Waals surface area contributed by atoms with E-state index in [0.717, 1.165) is 24.0 Å². The van der Waals surface area contributed by atoms with Crippen LogP contribution in [0.5, 0.6) is 0 Å². The maximum Gasteiger partial charge on any atom is 0.0406 e. The van der Waals surface area contributed by atoms with E-state index in [4.69, 9.17) is 11.6 Å². The van der Waals surface area contributed by atoms with Crippen LogP contribution in [0.3, 0.4) is 0 Å². The highest BCUT2D eigenvalue weighted by molar-refractivity contribution is 6.30. The van der Waals surface area contributed by atoms with E-state index in [2.05, 4.69) is 24.4 Å². The molecule has 1 aliphatic rings. The van der Waals surface area contributed by atoms with Gasteiger partial charge in [-0.1, -0.05) is 49.9 Å². The Balaban J connectivity index is 2.10. The molecule has 1 unspecified atom stereocenters. The van der Waals surface area contributed by atoms with Crippen molar-refractivity contribution in [3.8, 4) is 0 Å². The van der Waals surface area contributed by atoms with E-state index in [1.165, 1.54) is 37.7 Å². The number of hydrogen-bond donors (Lipinski definition) is 1. The summed E-state index contributed by atoms with van der Waals surface area (Å²) in [5.74, 6) is 1.50. The molecule has 1 atom stereocenters. The third-order valence-corrected chi connectivity index (χ3v) is 4.38. The minimum absolute atomic E-state index is 0.655. The molecule has 0 aromatic heterocycles. The van der Waals surface area contributed by atoms with Crippen molar-refractivity contribution in [2.75, 3.05) is 13.1 Å². The Labute approximate surface area is 116 Å². The highest BCUT2D eigenvalue weighted by Crippen LogP contribution is 2.36. The van der Waals surface area contributed by atoms with Gasteiger partial charge in [0.25, 0.3) is 0 Å². The Hall–Kier alpha value is -0.530. The smallest absolute Gasteiger partial charge is 0.0406 e. The highest BCUT2D eigenvalue weighted by Gasteiger charge is 2.24. The zero-order valence-corrected chi connectivity index (χ0v) is 12.0. The topological polar surface area (TPSA) is 12.0 Å². The van der Waals surface area contributed by atoms with Crippen molar-refractivity contribution in [3.63, 3.8) is 0 Å². The lowest BCUT2D eigenvalue weighted by molar-refractivity contribution is 0.298. The number of benzene rings is 1. The van der Waals surface area contributed by atoms with Crippen molar-refractivity contribution in [3.05, 3.63) is 34.9 Å². The number of nitrogens with one attached hydrogen (secondary N) is 1. The summed E-state index contributed by atoms with van der Waals surface area (Å²) in [5, 5.41) is 4.36. The molecule has 1 saturated carbocycles. The fourth-order valence-electron chi connectivity index (χ4n) is 3.10.